The first-order chi connectivity index (χ1) is 29.9. The van der Waals surface area contributed by atoms with Crippen molar-refractivity contribution in [2.45, 2.75) is 76.3 Å². The number of hydrogen-bond donors (Lipinski definition) is 5. The Bertz CT molecular complexity index is 2440. The van der Waals surface area contributed by atoms with Crippen LogP contribution in [0.3, 0.4) is 0 Å². The van der Waals surface area contributed by atoms with E-state index in [2.05, 4.69) is 31.2 Å². The average molecular weight is 905 g/mol. The lowest BCUT2D eigenvalue weighted by Gasteiger charge is -2.29. The summed E-state index contributed by atoms with van der Waals surface area (Å²) in [5, 5.41) is 13.0. The van der Waals surface area contributed by atoms with Crippen LogP contribution in [-0.2, 0) is 19.1 Å². The van der Waals surface area contributed by atoms with Crippen molar-refractivity contribution < 1.29 is 33.4 Å². The number of fused-ring (bicyclic) bond motifs is 2. The van der Waals surface area contributed by atoms with Crippen LogP contribution >= 0.6 is 34.8 Å². The smallest absolute Gasteiger partial charge is 0.328 e. The highest BCUT2D eigenvalue weighted by Crippen LogP contribution is 2.34. The normalized spacial score (nSPS) is 15.3. The van der Waals surface area contributed by atoms with Crippen LogP contribution in [0.1, 0.15) is 85.2 Å². The van der Waals surface area contributed by atoms with Crippen LogP contribution in [0.15, 0.2) is 72.8 Å². The second-order valence-electron chi connectivity index (χ2n) is 15.3. The molecule has 2 aromatic heterocycles. The fourth-order valence-electron chi connectivity index (χ4n) is 7.97. The molecule has 4 amide bonds. The molecule has 6 N–H and O–H groups in total. The minimum atomic E-state index is -0.820. The molecule has 62 heavy (non-hydrogen) atoms. The van der Waals surface area contributed by atoms with Gasteiger partial charge in [0.1, 0.15) is 12.1 Å². The Hall–Kier alpha value is -5.70. The lowest BCUT2D eigenvalue weighted by molar-refractivity contribution is -0.145. The number of anilines is 3. The molecule has 7 rings (SSSR count). The van der Waals surface area contributed by atoms with E-state index in [9.17, 15) is 24.0 Å². The third-order valence-electron chi connectivity index (χ3n) is 11.1. The van der Waals surface area contributed by atoms with Gasteiger partial charge >= 0.3 is 18.0 Å². The number of nitrogen functional groups attached to an aromatic ring is 1. The summed E-state index contributed by atoms with van der Waals surface area (Å²) in [6.07, 6.45) is 9.75. The highest BCUT2D eigenvalue weighted by atomic mass is 35.5. The molecule has 14 nitrogen and oxygen atoms in total. The number of para-hydroxylation sites is 2. The Morgan fingerprint density at radius 1 is 0.629 bits per heavy atom. The third kappa shape index (κ3) is 11.4. The lowest BCUT2D eigenvalue weighted by Crippen LogP contribution is -2.47. The van der Waals surface area contributed by atoms with Gasteiger partial charge in [0, 0.05) is 15.8 Å². The number of methoxy groups -OCH3 is 2. The van der Waals surface area contributed by atoms with E-state index in [1.165, 1.54) is 26.4 Å². The van der Waals surface area contributed by atoms with Crippen LogP contribution in [-0.4, -0.2) is 66.1 Å². The van der Waals surface area contributed by atoms with Crippen molar-refractivity contribution in [3.05, 3.63) is 99.3 Å². The monoisotopic (exact) mass is 903 g/mol. The summed E-state index contributed by atoms with van der Waals surface area (Å²) in [6, 6.07) is 18.7. The van der Waals surface area contributed by atoms with Crippen LogP contribution < -0.4 is 27.0 Å². The number of nitrogens with two attached hydrogens (primary N) is 1. The Morgan fingerprint density at radius 2 is 1.08 bits per heavy atom. The van der Waals surface area contributed by atoms with E-state index in [-0.39, 0.29) is 44.6 Å². The minimum Gasteiger partial charge on any atom is -0.467 e. The van der Waals surface area contributed by atoms with Crippen molar-refractivity contribution in [1.82, 2.24) is 20.6 Å². The van der Waals surface area contributed by atoms with Crippen molar-refractivity contribution in [2.75, 3.05) is 30.6 Å². The van der Waals surface area contributed by atoms with Crippen molar-refractivity contribution in [2.24, 2.45) is 11.8 Å². The van der Waals surface area contributed by atoms with Crippen molar-refractivity contribution >= 4 is 103 Å². The van der Waals surface area contributed by atoms with Gasteiger partial charge in [0.15, 0.2) is 11.4 Å². The quantitative estimate of drug-likeness (QED) is 0.0840. The van der Waals surface area contributed by atoms with E-state index >= 15 is 0 Å². The van der Waals surface area contributed by atoms with Gasteiger partial charge in [-0.05, 0) is 73.9 Å². The number of rotatable bonds is 10. The molecule has 0 unspecified atom stereocenters. The zero-order chi connectivity index (χ0) is 44.3. The summed E-state index contributed by atoms with van der Waals surface area (Å²) in [7, 11) is 2.63. The topological polar surface area (TPSA) is 204 Å². The first-order valence-corrected chi connectivity index (χ1v) is 21.5. The van der Waals surface area contributed by atoms with Gasteiger partial charge in [-0.15, -0.1) is 0 Å². The zero-order valence-electron chi connectivity index (χ0n) is 34.3. The molecular formula is C45H48Cl3N7O7. The molecule has 5 aromatic rings. The number of amides is 4. The maximum Gasteiger partial charge on any atom is 0.328 e. The highest BCUT2D eigenvalue weighted by molar-refractivity contribution is 6.42. The molecule has 0 aliphatic heterocycles. The van der Waals surface area contributed by atoms with Gasteiger partial charge in [0.05, 0.1) is 52.4 Å². The summed E-state index contributed by atoms with van der Waals surface area (Å²) in [5.41, 5.74) is 7.94. The third-order valence-corrected chi connectivity index (χ3v) is 11.9. The molecule has 326 valence electrons. The molecular weight excluding hydrogens is 857 g/mol. The summed E-state index contributed by atoms with van der Waals surface area (Å²) in [6.45, 7) is 0. The molecule has 2 heterocycles. The summed E-state index contributed by atoms with van der Waals surface area (Å²) in [5.74, 6) is -1.93. The van der Waals surface area contributed by atoms with E-state index in [0.717, 1.165) is 69.6 Å². The van der Waals surface area contributed by atoms with Gasteiger partial charge in [0.2, 0.25) is 0 Å². The highest BCUT2D eigenvalue weighted by Gasteiger charge is 2.34. The lowest BCUT2D eigenvalue weighted by atomic mass is 9.84. The number of benzene rings is 3. The van der Waals surface area contributed by atoms with E-state index in [1.54, 1.807) is 30.3 Å². The standard InChI is InChI=1S/C26H25Cl3N4O4.C19H23N3O3/c1-37-25(35)21(14-7-3-2-4-8-14)32-24(34)23-20(11-15-9-5-6-10-19(15)30-23)31-26(36)33-22-17(28)12-16(27)13-18(22)29;1-25-19(24)16(12-7-3-2-4-8-12)22-18(23)17-14(20)11-13-9-5-6-10-15(13)21-17/h5-6,9-14,21H,2-4,7-8H2,1H3,(H,32,34)(H2,31,33,36);5-6,9-12,16H,2-4,7-8,20H2,1H3,(H,22,23)/t21-;16-/m00/s1. The van der Waals surface area contributed by atoms with Gasteiger partial charge in [-0.3, -0.25) is 9.59 Å². The largest absolute Gasteiger partial charge is 0.467 e. The summed E-state index contributed by atoms with van der Waals surface area (Å²) < 4.78 is 9.87. The number of urea groups is 1. The Kier molecular flexibility index (Phi) is 15.8. The Labute approximate surface area is 373 Å². The van der Waals surface area contributed by atoms with E-state index in [4.69, 9.17) is 50.0 Å². The van der Waals surface area contributed by atoms with Gasteiger partial charge in [-0.1, -0.05) is 110 Å². The molecule has 0 saturated heterocycles. The van der Waals surface area contributed by atoms with Crippen LogP contribution in [0.4, 0.5) is 21.9 Å². The average Bonchev–Trinajstić information content (AvgIpc) is 3.28. The van der Waals surface area contributed by atoms with Gasteiger partial charge < -0.3 is 36.5 Å². The van der Waals surface area contributed by atoms with Gasteiger partial charge in [0.25, 0.3) is 11.8 Å². The van der Waals surface area contributed by atoms with E-state index in [0.29, 0.717) is 27.1 Å². The first kappa shape index (κ1) is 45.8. The van der Waals surface area contributed by atoms with E-state index in [1.807, 2.05) is 30.3 Å². The zero-order valence-corrected chi connectivity index (χ0v) is 36.5. The fourth-order valence-corrected chi connectivity index (χ4v) is 8.89. The Balaban J connectivity index is 0.000000223. The maximum absolute atomic E-state index is 13.5. The Morgan fingerprint density at radius 3 is 1.58 bits per heavy atom. The van der Waals surface area contributed by atoms with Crippen molar-refractivity contribution in [1.29, 1.82) is 0 Å². The number of ether oxygens (including phenoxy) is 2. The van der Waals surface area contributed by atoms with Crippen LogP contribution in [0.5, 0.6) is 0 Å². The number of hydrogen-bond acceptors (Lipinski definition) is 10. The number of halogens is 3. The molecule has 2 atom stereocenters. The molecule has 0 bridgehead atoms. The fraction of sp³-hybridized carbons (Fsp3) is 0.356. The molecule has 3 aromatic carbocycles. The van der Waals surface area contributed by atoms with Crippen LogP contribution in [0, 0.1) is 11.8 Å². The number of esters is 2. The summed E-state index contributed by atoms with van der Waals surface area (Å²) in [4.78, 5) is 72.7. The first-order valence-electron chi connectivity index (χ1n) is 20.4. The van der Waals surface area contributed by atoms with Crippen molar-refractivity contribution in [3.8, 4) is 0 Å². The minimum absolute atomic E-state index is 0.0421. The predicted octanol–water partition coefficient (Wildman–Crippen LogP) is 9.36. The van der Waals surface area contributed by atoms with Crippen molar-refractivity contribution in [3.63, 3.8) is 0 Å². The number of aromatic nitrogens is 2. The second kappa shape index (κ2) is 21.4. The number of nitrogens with one attached hydrogen (secondary N) is 4. The van der Waals surface area contributed by atoms with Gasteiger partial charge in [-0.25, -0.2) is 24.4 Å². The summed E-state index contributed by atoms with van der Waals surface area (Å²) >= 11 is 18.3. The number of nitrogens with zero attached hydrogens (tertiary/aromatic N) is 2. The molecule has 17 heteroatoms. The predicted molar refractivity (Wildman–Crippen MR) is 242 cm³/mol. The maximum atomic E-state index is 13.5. The number of carbonyl (C=O) groups is 5. The number of pyridine rings is 2. The van der Waals surface area contributed by atoms with Crippen LogP contribution in [0.25, 0.3) is 21.8 Å². The second-order valence-corrected chi connectivity index (χ2v) is 16.5. The SMILES string of the molecule is COC(=O)[C@@H](NC(=O)c1nc2ccccc2cc1N)C1CCCCC1.COC(=O)[C@@H](NC(=O)c1nc2ccccc2cc1NC(=O)Nc1c(Cl)cc(Cl)cc1Cl)C1CCCCC1. The molecule has 2 aliphatic rings. The molecule has 0 spiro atoms. The van der Waals surface area contributed by atoms with Gasteiger partial charge in [-0.2, -0.15) is 0 Å². The van der Waals surface area contributed by atoms with Crippen LogP contribution in [0.2, 0.25) is 15.1 Å². The molecule has 2 saturated carbocycles. The number of carbonyl (C=O) groups excluding carboxylic acids is 5. The molecule has 0 radical (unpaired) electrons. The molecule has 2 fully saturated rings. The molecule has 2 aliphatic carbocycles. The van der Waals surface area contributed by atoms with E-state index < -0.39 is 41.9 Å².